The van der Waals surface area contributed by atoms with Gasteiger partial charge in [0.25, 0.3) is 0 Å². The molecule has 0 saturated carbocycles. The van der Waals surface area contributed by atoms with Crippen LogP contribution in [0.5, 0.6) is 0 Å². The van der Waals surface area contributed by atoms with E-state index in [-0.39, 0.29) is 0 Å². The number of carbonyl (C=O) groups is 2. The van der Waals surface area contributed by atoms with Crippen molar-refractivity contribution in [3.63, 3.8) is 0 Å². The highest BCUT2D eigenvalue weighted by Gasteiger charge is 1.95. The SMILES string of the molecule is COCOC.O=Cc1ccccc1C=O. The van der Waals surface area contributed by atoms with E-state index in [1.54, 1.807) is 38.5 Å². The Morgan fingerprint density at radius 3 is 1.60 bits per heavy atom. The lowest BCUT2D eigenvalue weighted by Crippen LogP contribution is -1.87. The van der Waals surface area contributed by atoms with Gasteiger partial charge in [0.1, 0.15) is 6.79 Å². The average Bonchev–Trinajstić information content (AvgIpc) is 2.31. The summed E-state index contributed by atoms with van der Waals surface area (Å²) >= 11 is 0. The molecule has 0 fully saturated rings. The molecule has 0 N–H and O–H groups in total. The standard InChI is InChI=1S/C8H6O2.C3H8O2/c9-5-7-3-1-2-4-8(7)6-10;1-4-3-5-2/h1-6H;3H2,1-2H3. The molecule has 0 amide bonds. The van der Waals surface area contributed by atoms with Crippen LogP contribution in [0.1, 0.15) is 20.7 Å². The summed E-state index contributed by atoms with van der Waals surface area (Å²) < 4.78 is 8.94. The van der Waals surface area contributed by atoms with Gasteiger partial charge in [0, 0.05) is 25.3 Å². The fourth-order valence-electron chi connectivity index (χ4n) is 0.843. The van der Waals surface area contributed by atoms with Gasteiger partial charge in [-0.2, -0.15) is 0 Å². The van der Waals surface area contributed by atoms with Gasteiger partial charge in [-0.15, -0.1) is 0 Å². The fourth-order valence-corrected chi connectivity index (χ4v) is 0.843. The summed E-state index contributed by atoms with van der Waals surface area (Å²) in [6.07, 6.45) is 1.34. The number of hydrogen-bond donors (Lipinski definition) is 0. The van der Waals surface area contributed by atoms with Crippen molar-refractivity contribution >= 4 is 12.6 Å². The van der Waals surface area contributed by atoms with E-state index in [2.05, 4.69) is 9.47 Å². The smallest absolute Gasteiger partial charge is 0.150 e. The molecule has 1 aromatic rings. The summed E-state index contributed by atoms with van der Waals surface area (Å²) in [5.41, 5.74) is 0.884. The minimum absolute atomic E-state index is 0.389. The Bertz CT molecular complexity index is 267. The second kappa shape index (κ2) is 9.05. The molecule has 4 nitrogen and oxygen atoms in total. The zero-order valence-electron chi connectivity index (χ0n) is 8.80. The molecule has 1 rings (SSSR count). The third kappa shape index (κ3) is 5.72. The van der Waals surface area contributed by atoms with Crippen LogP contribution in [0.15, 0.2) is 24.3 Å². The molecule has 15 heavy (non-hydrogen) atoms. The fraction of sp³-hybridized carbons (Fsp3) is 0.273. The minimum Gasteiger partial charge on any atom is -0.359 e. The van der Waals surface area contributed by atoms with Crippen molar-refractivity contribution < 1.29 is 19.1 Å². The van der Waals surface area contributed by atoms with Crippen molar-refractivity contribution in [1.82, 2.24) is 0 Å². The number of ether oxygens (including phenoxy) is 2. The van der Waals surface area contributed by atoms with Crippen LogP contribution in [0.4, 0.5) is 0 Å². The Kier molecular flexibility index (Phi) is 8.13. The normalized spacial score (nSPS) is 8.67. The van der Waals surface area contributed by atoms with E-state index < -0.39 is 0 Å². The lowest BCUT2D eigenvalue weighted by atomic mass is 10.1. The van der Waals surface area contributed by atoms with Gasteiger partial charge in [-0.25, -0.2) is 0 Å². The van der Waals surface area contributed by atoms with Gasteiger partial charge in [0.05, 0.1) is 0 Å². The van der Waals surface area contributed by atoms with Crippen molar-refractivity contribution in [2.75, 3.05) is 21.0 Å². The molecule has 0 bridgehead atoms. The molecule has 1 aromatic carbocycles. The maximum atomic E-state index is 10.2. The van der Waals surface area contributed by atoms with E-state index in [4.69, 9.17) is 0 Å². The van der Waals surface area contributed by atoms with Crippen LogP contribution >= 0.6 is 0 Å². The molecule has 82 valence electrons. The quantitative estimate of drug-likeness (QED) is 0.559. The van der Waals surface area contributed by atoms with Crippen molar-refractivity contribution in [2.24, 2.45) is 0 Å². The van der Waals surface area contributed by atoms with Gasteiger partial charge in [-0.05, 0) is 0 Å². The molecule has 0 unspecified atom stereocenters. The lowest BCUT2D eigenvalue weighted by Gasteiger charge is -1.91. The van der Waals surface area contributed by atoms with Crippen LogP contribution in [0.25, 0.3) is 0 Å². The maximum absolute atomic E-state index is 10.2. The molecule has 4 heteroatoms. The Labute approximate surface area is 88.8 Å². The average molecular weight is 210 g/mol. The molecule has 0 atom stereocenters. The molecule has 0 radical (unpaired) electrons. The molecule has 0 saturated heterocycles. The van der Waals surface area contributed by atoms with Crippen molar-refractivity contribution in [2.45, 2.75) is 0 Å². The van der Waals surface area contributed by atoms with Gasteiger partial charge in [0.2, 0.25) is 0 Å². The van der Waals surface area contributed by atoms with E-state index in [1.165, 1.54) is 0 Å². The van der Waals surface area contributed by atoms with Crippen molar-refractivity contribution in [3.05, 3.63) is 35.4 Å². The Morgan fingerprint density at radius 1 is 1.00 bits per heavy atom. The van der Waals surface area contributed by atoms with Crippen LogP contribution in [-0.2, 0) is 9.47 Å². The van der Waals surface area contributed by atoms with E-state index >= 15 is 0 Å². The maximum Gasteiger partial charge on any atom is 0.150 e. The molecule has 0 aliphatic heterocycles. The van der Waals surface area contributed by atoms with Gasteiger partial charge in [-0.3, -0.25) is 9.59 Å². The Morgan fingerprint density at radius 2 is 1.40 bits per heavy atom. The first-order valence-electron chi connectivity index (χ1n) is 4.27. The van der Waals surface area contributed by atoms with Crippen LogP contribution in [0, 0.1) is 0 Å². The second-order valence-electron chi connectivity index (χ2n) is 2.56. The molecule has 0 aliphatic rings. The lowest BCUT2D eigenvalue weighted by molar-refractivity contribution is -0.00272. The summed E-state index contributed by atoms with van der Waals surface area (Å²) in [6.45, 7) is 0.389. The first-order valence-corrected chi connectivity index (χ1v) is 4.27. The first kappa shape index (κ1) is 13.5. The molecular formula is C11H14O4. The highest BCUT2D eigenvalue weighted by molar-refractivity contribution is 5.89. The summed E-state index contributed by atoms with van der Waals surface area (Å²) in [7, 11) is 3.17. The third-order valence-electron chi connectivity index (χ3n) is 1.49. The minimum atomic E-state index is 0.389. The topological polar surface area (TPSA) is 52.6 Å². The van der Waals surface area contributed by atoms with Gasteiger partial charge in [0.15, 0.2) is 12.6 Å². The Hall–Kier alpha value is -1.52. The zero-order valence-corrected chi connectivity index (χ0v) is 8.80. The van der Waals surface area contributed by atoms with Crippen LogP contribution in [0.2, 0.25) is 0 Å². The summed E-state index contributed by atoms with van der Waals surface area (Å²) in [5, 5.41) is 0. The van der Waals surface area contributed by atoms with Gasteiger partial charge in [-0.1, -0.05) is 24.3 Å². The van der Waals surface area contributed by atoms with Crippen molar-refractivity contribution in [3.8, 4) is 0 Å². The second-order valence-corrected chi connectivity index (χ2v) is 2.56. The zero-order chi connectivity index (χ0) is 11.5. The number of methoxy groups -OCH3 is 2. The van der Waals surface area contributed by atoms with E-state index in [0.717, 1.165) is 0 Å². The number of carbonyl (C=O) groups excluding carboxylic acids is 2. The van der Waals surface area contributed by atoms with E-state index in [1.807, 2.05) is 0 Å². The number of rotatable bonds is 4. The number of benzene rings is 1. The Balaban J connectivity index is 0.000000336. The molecule has 0 aromatic heterocycles. The summed E-state index contributed by atoms with van der Waals surface area (Å²) in [5.74, 6) is 0. The van der Waals surface area contributed by atoms with Gasteiger partial charge < -0.3 is 9.47 Å². The van der Waals surface area contributed by atoms with Crippen LogP contribution < -0.4 is 0 Å². The summed E-state index contributed by atoms with van der Waals surface area (Å²) in [6, 6.07) is 6.65. The van der Waals surface area contributed by atoms with E-state index in [0.29, 0.717) is 30.5 Å². The highest BCUT2D eigenvalue weighted by Crippen LogP contribution is 2.01. The first-order chi connectivity index (χ1) is 7.29. The van der Waals surface area contributed by atoms with Gasteiger partial charge >= 0.3 is 0 Å². The predicted molar refractivity (Wildman–Crippen MR) is 56.1 cm³/mol. The molecule has 0 heterocycles. The van der Waals surface area contributed by atoms with Crippen LogP contribution in [0.3, 0.4) is 0 Å². The molecular weight excluding hydrogens is 196 g/mol. The van der Waals surface area contributed by atoms with Crippen LogP contribution in [-0.4, -0.2) is 33.6 Å². The highest BCUT2D eigenvalue weighted by atomic mass is 16.6. The monoisotopic (exact) mass is 210 g/mol. The third-order valence-corrected chi connectivity index (χ3v) is 1.49. The largest absolute Gasteiger partial charge is 0.359 e. The van der Waals surface area contributed by atoms with E-state index in [9.17, 15) is 9.59 Å². The summed E-state index contributed by atoms with van der Waals surface area (Å²) in [4.78, 5) is 20.5. The number of aldehydes is 2. The van der Waals surface area contributed by atoms with Crippen molar-refractivity contribution in [1.29, 1.82) is 0 Å². The molecule has 0 spiro atoms. The predicted octanol–water partition coefficient (Wildman–Crippen LogP) is 1.55. The number of hydrogen-bond acceptors (Lipinski definition) is 4. The molecule has 0 aliphatic carbocycles.